The van der Waals surface area contributed by atoms with Crippen molar-refractivity contribution in [3.05, 3.63) is 34.4 Å². The van der Waals surface area contributed by atoms with Crippen molar-refractivity contribution in [2.45, 2.75) is 77.3 Å². The number of benzene rings is 1. The first-order chi connectivity index (χ1) is 12.6. The summed E-state index contributed by atoms with van der Waals surface area (Å²) < 4.78 is 16.9. The summed E-state index contributed by atoms with van der Waals surface area (Å²) in [5.41, 5.74) is 3.83. The van der Waals surface area contributed by atoms with E-state index in [4.69, 9.17) is 14.2 Å². The maximum absolute atomic E-state index is 12.0. The number of aliphatic carboxylic acids is 1. The lowest BCUT2D eigenvalue weighted by Crippen LogP contribution is -2.36. The number of fused-ring (bicyclic) bond motifs is 1. The van der Waals surface area contributed by atoms with E-state index in [0.717, 1.165) is 41.5 Å². The summed E-state index contributed by atoms with van der Waals surface area (Å²) in [6.07, 6.45) is 3.29. The van der Waals surface area contributed by atoms with Gasteiger partial charge in [-0.3, -0.25) is 4.79 Å². The Bertz CT molecular complexity index is 726. The Kier molecular flexibility index (Phi) is 5.41. The van der Waals surface area contributed by atoms with E-state index >= 15 is 0 Å². The van der Waals surface area contributed by atoms with Crippen molar-refractivity contribution in [3.63, 3.8) is 0 Å². The van der Waals surface area contributed by atoms with Crippen molar-refractivity contribution in [1.29, 1.82) is 0 Å². The van der Waals surface area contributed by atoms with Crippen LogP contribution in [0.2, 0.25) is 0 Å². The van der Waals surface area contributed by atoms with Crippen LogP contribution in [0.25, 0.3) is 0 Å². The van der Waals surface area contributed by atoms with Gasteiger partial charge in [0, 0.05) is 25.3 Å². The first-order valence-electron chi connectivity index (χ1n) is 9.74. The first-order valence-corrected chi connectivity index (χ1v) is 9.74. The number of rotatable bonds is 5. The Morgan fingerprint density at radius 2 is 1.85 bits per heavy atom. The Balaban J connectivity index is 2.22. The Labute approximate surface area is 162 Å². The third-order valence-electron chi connectivity index (χ3n) is 6.39. The summed E-state index contributed by atoms with van der Waals surface area (Å²) in [6.45, 7) is 8.64. The summed E-state index contributed by atoms with van der Waals surface area (Å²) in [5.74, 6) is -1.48. The predicted molar refractivity (Wildman–Crippen MR) is 103 cm³/mol. The maximum Gasteiger partial charge on any atom is 0.310 e. The van der Waals surface area contributed by atoms with Gasteiger partial charge in [-0.15, -0.1) is 0 Å². The van der Waals surface area contributed by atoms with E-state index in [-0.39, 0.29) is 10.8 Å². The summed E-state index contributed by atoms with van der Waals surface area (Å²) in [4.78, 5) is 12.0. The molecule has 3 rings (SSSR count). The predicted octanol–water partition coefficient (Wildman–Crippen LogP) is 5.05. The van der Waals surface area contributed by atoms with Gasteiger partial charge in [0.25, 0.3) is 0 Å². The number of ether oxygens (including phenoxy) is 3. The molecule has 0 radical (unpaired) electrons. The normalized spacial score (nSPS) is 30.7. The fourth-order valence-electron chi connectivity index (χ4n) is 5.27. The van der Waals surface area contributed by atoms with Crippen molar-refractivity contribution >= 4 is 5.97 Å². The third-order valence-corrected chi connectivity index (χ3v) is 6.39. The lowest BCUT2D eigenvalue weighted by Gasteiger charge is -2.44. The first kappa shape index (κ1) is 20.3. The number of carbonyl (C=O) groups is 1. The van der Waals surface area contributed by atoms with Gasteiger partial charge in [-0.2, -0.15) is 0 Å². The van der Waals surface area contributed by atoms with Gasteiger partial charge in [-0.05, 0) is 48.1 Å². The molecular weight excluding hydrogens is 344 g/mol. The molecule has 0 aromatic heterocycles. The van der Waals surface area contributed by atoms with Crippen LogP contribution in [0.5, 0.6) is 0 Å². The van der Waals surface area contributed by atoms with Gasteiger partial charge in [0.05, 0.1) is 5.92 Å². The molecule has 0 unspecified atom stereocenters. The van der Waals surface area contributed by atoms with Crippen LogP contribution in [-0.2, 0) is 24.4 Å². The smallest absolute Gasteiger partial charge is 0.310 e. The second kappa shape index (κ2) is 7.19. The highest BCUT2D eigenvalue weighted by Gasteiger charge is 2.44. The molecule has 1 aromatic rings. The molecular formula is C22H32O5. The third kappa shape index (κ3) is 3.53. The van der Waals surface area contributed by atoms with Gasteiger partial charge in [-0.25, -0.2) is 0 Å². The Morgan fingerprint density at radius 1 is 1.19 bits per heavy atom. The van der Waals surface area contributed by atoms with Gasteiger partial charge in [0.15, 0.2) is 12.6 Å². The minimum absolute atomic E-state index is 0.0702. The van der Waals surface area contributed by atoms with Gasteiger partial charge in [-0.1, -0.05) is 39.3 Å². The maximum atomic E-state index is 12.0. The molecule has 1 aliphatic heterocycles. The molecule has 1 fully saturated rings. The summed E-state index contributed by atoms with van der Waals surface area (Å²) >= 11 is 0. The molecule has 150 valence electrons. The molecule has 1 aliphatic carbocycles. The molecule has 5 nitrogen and oxygen atoms in total. The largest absolute Gasteiger partial charge is 0.481 e. The van der Waals surface area contributed by atoms with Crippen molar-refractivity contribution < 1.29 is 24.1 Å². The fraction of sp³-hybridized carbons (Fsp3) is 0.682. The quantitative estimate of drug-likeness (QED) is 0.779. The van der Waals surface area contributed by atoms with Crippen LogP contribution in [0.1, 0.15) is 94.1 Å². The Morgan fingerprint density at radius 3 is 2.41 bits per heavy atom. The minimum atomic E-state index is -0.834. The van der Waals surface area contributed by atoms with E-state index in [1.54, 1.807) is 21.1 Å². The minimum Gasteiger partial charge on any atom is -0.481 e. The highest BCUT2D eigenvalue weighted by molar-refractivity contribution is 5.77. The molecule has 1 saturated carbocycles. The average Bonchev–Trinajstić information content (AvgIpc) is 2.97. The second-order valence-corrected chi connectivity index (χ2v) is 9.12. The van der Waals surface area contributed by atoms with Crippen LogP contribution in [0.15, 0.2) is 12.1 Å². The molecule has 0 bridgehead atoms. The Hall–Kier alpha value is -1.43. The lowest BCUT2D eigenvalue weighted by atomic mass is 9.60. The summed E-state index contributed by atoms with van der Waals surface area (Å²) in [6, 6.07) is 4.13. The molecule has 0 amide bonds. The number of carboxylic acids is 1. The summed E-state index contributed by atoms with van der Waals surface area (Å²) in [7, 11) is 3.17. The van der Waals surface area contributed by atoms with Crippen molar-refractivity contribution in [1.82, 2.24) is 0 Å². The van der Waals surface area contributed by atoms with Crippen LogP contribution in [0, 0.1) is 5.41 Å². The van der Waals surface area contributed by atoms with E-state index in [2.05, 4.69) is 26.8 Å². The fourth-order valence-corrected chi connectivity index (χ4v) is 5.27. The van der Waals surface area contributed by atoms with E-state index < -0.39 is 24.5 Å². The van der Waals surface area contributed by atoms with Crippen LogP contribution in [-0.4, -0.2) is 25.3 Å². The molecule has 0 saturated heterocycles. The zero-order chi connectivity index (χ0) is 20.0. The van der Waals surface area contributed by atoms with E-state index in [1.165, 1.54) is 6.42 Å². The average molecular weight is 376 g/mol. The molecule has 1 aromatic carbocycles. The van der Waals surface area contributed by atoms with Gasteiger partial charge >= 0.3 is 5.97 Å². The highest BCUT2D eigenvalue weighted by atomic mass is 16.8. The van der Waals surface area contributed by atoms with Crippen molar-refractivity contribution in [2.24, 2.45) is 5.41 Å². The lowest BCUT2D eigenvalue weighted by molar-refractivity contribution is -0.217. The van der Waals surface area contributed by atoms with Crippen LogP contribution in [0.3, 0.4) is 0 Å². The zero-order valence-electron chi connectivity index (χ0n) is 17.3. The van der Waals surface area contributed by atoms with Crippen molar-refractivity contribution in [2.75, 3.05) is 14.2 Å². The molecule has 1 N–H and O–H groups in total. The SMILES string of the molecule is CO[C@@H]1O[C@H](OC)c2c1ccc([C@@]1(C)CCCC(C)(C)C1)c2[C@@H](C)C(=O)O. The van der Waals surface area contributed by atoms with E-state index in [1.807, 2.05) is 6.07 Å². The van der Waals surface area contributed by atoms with Crippen LogP contribution < -0.4 is 0 Å². The number of hydrogen-bond donors (Lipinski definition) is 1. The molecule has 4 atom stereocenters. The van der Waals surface area contributed by atoms with E-state index in [0.29, 0.717) is 0 Å². The number of methoxy groups -OCH3 is 2. The highest BCUT2D eigenvalue weighted by Crippen LogP contribution is 2.52. The van der Waals surface area contributed by atoms with Gasteiger partial charge in [0.2, 0.25) is 0 Å². The van der Waals surface area contributed by atoms with Crippen LogP contribution in [0.4, 0.5) is 0 Å². The molecule has 1 heterocycles. The van der Waals surface area contributed by atoms with Gasteiger partial charge in [0.1, 0.15) is 0 Å². The number of hydrogen-bond acceptors (Lipinski definition) is 4. The molecule has 27 heavy (non-hydrogen) atoms. The number of carboxylic acid groups (broad SMARTS) is 1. The molecule has 0 spiro atoms. The molecule has 5 heteroatoms. The zero-order valence-corrected chi connectivity index (χ0v) is 17.3. The van der Waals surface area contributed by atoms with Crippen LogP contribution >= 0.6 is 0 Å². The van der Waals surface area contributed by atoms with Gasteiger partial charge < -0.3 is 19.3 Å². The van der Waals surface area contributed by atoms with Crippen molar-refractivity contribution in [3.8, 4) is 0 Å². The summed E-state index contributed by atoms with van der Waals surface area (Å²) in [5, 5.41) is 9.85. The second-order valence-electron chi connectivity index (χ2n) is 9.12. The topological polar surface area (TPSA) is 65.0 Å². The monoisotopic (exact) mass is 376 g/mol. The molecule has 2 aliphatic rings. The van der Waals surface area contributed by atoms with E-state index in [9.17, 15) is 9.90 Å². The standard InChI is InChI=1S/C22H32O5/c1-13(18(23)24)16-15(22(4)11-7-10-21(2,3)12-22)9-8-14-17(16)20(26-6)27-19(14)25-5/h8-9,13,19-20H,7,10-12H2,1-6H3,(H,23,24)/t13-,19-,20+,22+/m1/s1.